The molecule has 0 radical (unpaired) electrons. The number of carbonyl (C=O) groups is 1. The number of amides is 1. The maximum absolute atomic E-state index is 12.5. The van der Waals surface area contributed by atoms with Gasteiger partial charge in [0.2, 0.25) is 5.91 Å². The Labute approximate surface area is 149 Å². The minimum Gasteiger partial charge on any atom is -0.388 e. The molecule has 1 atom stereocenters. The van der Waals surface area contributed by atoms with Gasteiger partial charge in [0.1, 0.15) is 0 Å². The van der Waals surface area contributed by atoms with Crippen molar-refractivity contribution in [2.75, 3.05) is 13.1 Å². The fourth-order valence-corrected chi connectivity index (χ4v) is 3.89. The average Bonchev–Trinajstić information content (AvgIpc) is 2.63. The van der Waals surface area contributed by atoms with Crippen molar-refractivity contribution in [2.45, 2.75) is 51.0 Å². The van der Waals surface area contributed by atoms with Gasteiger partial charge in [0.15, 0.2) is 0 Å². The standard InChI is InChI=1S/C20H26ClNO2/c21-18-8-6-16(7-9-18)20(24)17-10-12-22(13-11-17)19(23)14-15-4-2-1-3-5-15/h4,6-9,17,20,24H,1-3,5,10-14H2. The summed E-state index contributed by atoms with van der Waals surface area (Å²) in [7, 11) is 0. The third-order valence-electron chi connectivity index (χ3n) is 5.31. The van der Waals surface area contributed by atoms with E-state index < -0.39 is 6.10 Å². The van der Waals surface area contributed by atoms with Gasteiger partial charge in [-0.05, 0) is 62.1 Å². The quantitative estimate of drug-likeness (QED) is 0.814. The highest BCUT2D eigenvalue weighted by Crippen LogP contribution is 2.32. The van der Waals surface area contributed by atoms with Gasteiger partial charge >= 0.3 is 0 Å². The maximum atomic E-state index is 12.5. The minimum absolute atomic E-state index is 0.212. The third-order valence-corrected chi connectivity index (χ3v) is 5.57. The topological polar surface area (TPSA) is 40.5 Å². The number of rotatable bonds is 4. The molecule has 24 heavy (non-hydrogen) atoms. The number of benzene rings is 1. The summed E-state index contributed by atoms with van der Waals surface area (Å²) >= 11 is 5.91. The molecular weight excluding hydrogens is 322 g/mol. The Morgan fingerprint density at radius 1 is 1.21 bits per heavy atom. The molecule has 1 saturated heterocycles. The van der Waals surface area contributed by atoms with Gasteiger partial charge in [0.25, 0.3) is 0 Å². The second-order valence-electron chi connectivity index (χ2n) is 7.00. The van der Waals surface area contributed by atoms with E-state index in [1.54, 1.807) is 0 Å². The van der Waals surface area contributed by atoms with Crippen LogP contribution in [0.25, 0.3) is 0 Å². The second-order valence-corrected chi connectivity index (χ2v) is 7.44. The molecule has 1 amide bonds. The summed E-state index contributed by atoms with van der Waals surface area (Å²) in [6, 6.07) is 7.41. The summed E-state index contributed by atoms with van der Waals surface area (Å²) < 4.78 is 0. The van der Waals surface area contributed by atoms with Crippen molar-refractivity contribution >= 4 is 17.5 Å². The van der Waals surface area contributed by atoms with Crippen LogP contribution in [0.15, 0.2) is 35.9 Å². The number of hydrogen-bond donors (Lipinski definition) is 1. The lowest BCUT2D eigenvalue weighted by atomic mass is 9.87. The largest absolute Gasteiger partial charge is 0.388 e. The Balaban J connectivity index is 1.50. The number of halogens is 1. The zero-order chi connectivity index (χ0) is 16.9. The summed E-state index contributed by atoms with van der Waals surface area (Å²) in [4.78, 5) is 14.4. The van der Waals surface area contributed by atoms with Crippen molar-refractivity contribution in [1.29, 1.82) is 0 Å². The number of piperidine rings is 1. The summed E-state index contributed by atoms with van der Waals surface area (Å²) in [6.07, 6.45) is 8.75. The van der Waals surface area contributed by atoms with Gasteiger partial charge in [0, 0.05) is 24.5 Å². The van der Waals surface area contributed by atoms with E-state index in [2.05, 4.69) is 6.08 Å². The molecule has 4 heteroatoms. The number of nitrogens with zero attached hydrogens (tertiary/aromatic N) is 1. The Hall–Kier alpha value is -1.32. The molecule has 0 aromatic heterocycles. The minimum atomic E-state index is -0.472. The molecule has 1 aromatic carbocycles. The van der Waals surface area contributed by atoms with E-state index in [0.29, 0.717) is 11.4 Å². The van der Waals surface area contributed by atoms with Crippen LogP contribution in [0.1, 0.15) is 56.6 Å². The fourth-order valence-electron chi connectivity index (χ4n) is 3.77. The van der Waals surface area contributed by atoms with E-state index in [1.807, 2.05) is 29.2 Å². The molecule has 1 N–H and O–H groups in total. The lowest BCUT2D eigenvalue weighted by Gasteiger charge is -2.34. The summed E-state index contributed by atoms with van der Waals surface area (Å²) in [6.45, 7) is 1.50. The number of allylic oxidation sites excluding steroid dienone is 1. The summed E-state index contributed by atoms with van der Waals surface area (Å²) in [5.74, 6) is 0.465. The smallest absolute Gasteiger partial charge is 0.226 e. The first-order valence-electron chi connectivity index (χ1n) is 9.02. The van der Waals surface area contributed by atoms with Gasteiger partial charge in [-0.25, -0.2) is 0 Å². The van der Waals surface area contributed by atoms with Crippen LogP contribution in [0.5, 0.6) is 0 Å². The molecule has 1 unspecified atom stereocenters. The van der Waals surface area contributed by atoms with Crippen LogP contribution in [0, 0.1) is 5.92 Å². The highest BCUT2D eigenvalue weighted by atomic mass is 35.5. The van der Waals surface area contributed by atoms with Gasteiger partial charge in [-0.15, -0.1) is 0 Å². The molecule has 1 heterocycles. The Kier molecular flexibility index (Phi) is 5.96. The van der Waals surface area contributed by atoms with E-state index in [0.717, 1.165) is 44.3 Å². The Morgan fingerprint density at radius 3 is 2.54 bits per heavy atom. The molecule has 1 aromatic rings. The molecule has 3 rings (SSSR count). The van der Waals surface area contributed by atoms with E-state index in [-0.39, 0.29) is 11.8 Å². The highest BCUT2D eigenvalue weighted by molar-refractivity contribution is 6.30. The molecule has 1 aliphatic carbocycles. The van der Waals surface area contributed by atoms with E-state index in [4.69, 9.17) is 11.6 Å². The maximum Gasteiger partial charge on any atom is 0.226 e. The molecule has 0 saturated carbocycles. The Morgan fingerprint density at radius 2 is 1.92 bits per heavy atom. The molecular formula is C20H26ClNO2. The van der Waals surface area contributed by atoms with Crippen molar-refractivity contribution in [3.05, 3.63) is 46.5 Å². The molecule has 130 valence electrons. The highest BCUT2D eigenvalue weighted by Gasteiger charge is 2.28. The van der Waals surface area contributed by atoms with Crippen LogP contribution in [-0.2, 0) is 4.79 Å². The average molecular weight is 348 g/mol. The zero-order valence-electron chi connectivity index (χ0n) is 14.1. The van der Waals surface area contributed by atoms with Gasteiger partial charge in [-0.3, -0.25) is 4.79 Å². The van der Waals surface area contributed by atoms with Gasteiger partial charge < -0.3 is 10.0 Å². The van der Waals surface area contributed by atoms with E-state index in [1.165, 1.54) is 18.4 Å². The van der Waals surface area contributed by atoms with E-state index >= 15 is 0 Å². The first kappa shape index (κ1) is 17.5. The predicted molar refractivity (Wildman–Crippen MR) is 96.9 cm³/mol. The number of likely N-dealkylation sites (tertiary alicyclic amines) is 1. The van der Waals surface area contributed by atoms with Gasteiger partial charge in [0.05, 0.1) is 6.10 Å². The third kappa shape index (κ3) is 4.40. The zero-order valence-corrected chi connectivity index (χ0v) is 14.8. The molecule has 1 fully saturated rings. The normalized spacial score (nSPS) is 20.6. The van der Waals surface area contributed by atoms with Crippen molar-refractivity contribution in [3.8, 4) is 0 Å². The molecule has 0 bridgehead atoms. The van der Waals surface area contributed by atoms with E-state index in [9.17, 15) is 9.90 Å². The molecule has 1 aliphatic heterocycles. The molecule has 0 spiro atoms. The molecule has 2 aliphatic rings. The predicted octanol–water partition coefficient (Wildman–Crippen LogP) is 4.50. The number of hydrogen-bond acceptors (Lipinski definition) is 2. The number of carbonyl (C=O) groups excluding carboxylic acids is 1. The first-order chi connectivity index (χ1) is 11.6. The fraction of sp³-hybridized carbons (Fsp3) is 0.550. The SMILES string of the molecule is O=C(CC1=CCCCC1)N1CCC(C(O)c2ccc(Cl)cc2)CC1. The second kappa shape index (κ2) is 8.17. The van der Waals surface area contributed by atoms with Crippen LogP contribution in [0.4, 0.5) is 0 Å². The van der Waals surface area contributed by atoms with Crippen LogP contribution in [0.3, 0.4) is 0 Å². The summed E-state index contributed by atoms with van der Waals surface area (Å²) in [5, 5.41) is 11.3. The van der Waals surface area contributed by atoms with Crippen LogP contribution < -0.4 is 0 Å². The van der Waals surface area contributed by atoms with Crippen LogP contribution in [-0.4, -0.2) is 29.0 Å². The first-order valence-corrected chi connectivity index (χ1v) is 9.40. The van der Waals surface area contributed by atoms with Crippen LogP contribution in [0.2, 0.25) is 5.02 Å². The number of aliphatic hydroxyl groups excluding tert-OH is 1. The lowest BCUT2D eigenvalue weighted by molar-refractivity contribution is -0.132. The monoisotopic (exact) mass is 347 g/mol. The van der Waals surface area contributed by atoms with Gasteiger partial charge in [-0.1, -0.05) is 35.4 Å². The van der Waals surface area contributed by atoms with Gasteiger partial charge in [-0.2, -0.15) is 0 Å². The summed E-state index contributed by atoms with van der Waals surface area (Å²) in [5.41, 5.74) is 2.23. The van der Waals surface area contributed by atoms with Crippen LogP contribution >= 0.6 is 11.6 Å². The lowest BCUT2D eigenvalue weighted by Crippen LogP contribution is -2.39. The molecule has 3 nitrogen and oxygen atoms in total. The van der Waals surface area contributed by atoms with Crippen molar-refractivity contribution < 1.29 is 9.90 Å². The Bertz CT molecular complexity index is 588. The van der Waals surface area contributed by atoms with Crippen molar-refractivity contribution in [2.24, 2.45) is 5.92 Å². The number of aliphatic hydroxyl groups is 1. The van der Waals surface area contributed by atoms with Crippen molar-refractivity contribution in [3.63, 3.8) is 0 Å². The van der Waals surface area contributed by atoms with Crippen molar-refractivity contribution in [1.82, 2.24) is 4.90 Å².